The van der Waals surface area contributed by atoms with Crippen molar-refractivity contribution in [3.05, 3.63) is 35.9 Å². The number of nitrogens with one attached hydrogen (secondary N) is 2. The molecule has 0 spiro atoms. The number of carbonyl (C=O) groups excluding carboxylic acids is 1. The summed E-state index contributed by atoms with van der Waals surface area (Å²) in [6, 6.07) is 10.6. The van der Waals surface area contributed by atoms with Crippen LogP contribution in [0.4, 0.5) is 4.79 Å². The molecule has 0 aromatic heterocycles. The van der Waals surface area contributed by atoms with Crippen LogP contribution in [-0.4, -0.2) is 62.9 Å². The maximum Gasteiger partial charge on any atom is 0.409 e. The normalized spacial score (nSPS) is 16.5. The SMILES string of the molecule is CCOC(=O)N1CCC(NC(=NC)NCCCOC(C)c2ccccc2)CC1. The molecule has 1 atom stereocenters. The molecule has 2 rings (SSSR count). The third-order valence-electron chi connectivity index (χ3n) is 4.84. The summed E-state index contributed by atoms with van der Waals surface area (Å²) in [4.78, 5) is 17.8. The van der Waals surface area contributed by atoms with Gasteiger partial charge in [0, 0.05) is 39.3 Å². The lowest BCUT2D eigenvalue weighted by Crippen LogP contribution is -2.50. The van der Waals surface area contributed by atoms with Crippen LogP contribution in [0.1, 0.15) is 44.8 Å². The van der Waals surface area contributed by atoms with E-state index < -0.39 is 0 Å². The molecule has 1 amide bonds. The second kappa shape index (κ2) is 12.2. The average Bonchev–Trinajstić information content (AvgIpc) is 2.73. The van der Waals surface area contributed by atoms with Crippen molar-refractivity contribution in [1.82, 2.24) is 15.5 Å². The zero-order valence-corrected chi connectivity index (χ0v) is 17.3. The predicted molar refractivity (Wildman–Crippen MR) is 112 cm³/mol. The van der Waals surface area contributed by atoms with E-state index in [2.05, 4.69) is 34.7 Å². The van der Waals surface area contributed by atoms with E-state index in [-0.39, 0.29) is 12.2 Å². The monoisotopic (exact) mass is 390 g/mol. The van der Waals surface area contributed by atoms with Crippen LogP contribution in [-0.2, 0) is 9.47 Å². The zero-order chi connectivity index (χ0) is 20.2. The fourth-order valence-corrected chi connectivity index (χ4v) is 3.17. The van der Waals surface area contributed by atoms with E-state index in [1.165, 1.54) is 5.56 Å². The van der Waals surface area contributed by atoms with Gasteiger partial charge in [-0.2, -0.15) is 0 Å². The van der Waals surface area contributed by atoms with Gasteiger partial charge in [0.05, 0.1) is 12.7 Å². The zero-order valence-electron chi connectivity index (χ0n) is 17.3. The van der Waals surface area contributed by atoms with Gasteiger partial charge in [-0.25, -0.2) is 4.79 Å². The van der Waals surface area contributed by atoms with Crippen LogP contribution >= 0.6 is 0 Å². The minimum absolute atomic E-state index is 0.100. The van der Waals surface area contributed by atoms with Crippen molar-refractivity contribution in [3.63, 3.8) is 0 Å². The number of likely N-dealkylation sites (tertiary alicyclic amines) is 1. The molecule has 7 nitrogen and oxygen atoms in total. The van der Waals surface area contributed by atoms with Gasteiger partial charge in [-0.1, -0.05) is 30.3 Å². The van der Waals surface area contributed by atoms with E-state index in [9.17, 15) is 4.79 Å². The largest absolute Gasteiger partial charge is 0.450 e. The summed E-state index contributed by atoms with van der Waals surface area (Å²) >= 11 is 0. The van der Waals surface area contributed by atoms with E-state index in [0.29, 0.717) is 32.3 Å². The maximum atomic E-state index is 11.8. The Hall–Kier alpha value is -2.28. The van der Waals surface area contributed by atoms with Crippen molar-refractivity contribution < 1.29 is 14.3 Å². The minimum atomic E-state index is -0.215. The van der Waals surface area contributed by atoms with Gasteiger partial charge >= 0.3 is 6.09 Å². The highest BCUT2D eigenvalue weighted by Gasteiger charge is 2.23. The lowest BCUT2D eigenvalue weighted by molar-refractivity contribution is 0.0646. The number of benzene rings is 1. The summed E-state index contributed by atoms with van der Waals surface area (Å²) in [5.74, 6) is 0.797. The van der Waals surface area contributed by atoms with Crippen molar-refractivity contribution in [2.45, 2.75) is 45.3 Å². The van der Waals surface area contributed by atoms with Crippen LogP contribution < -0.4 is 10.6 Å². The molecule has 1 aromatic carbocycles. The fraction of sp³-hybridized carbons (Fsp3) is 0.619. The summed E-state index contributed by atoms with van der Waals surface area (Å²) < 4.78 is 11.0. The Morgan fingerprint density at radius 2 is 2.00 bits per heavy atom. The van der Waals surface area contributed by atoms with Crippen LogP contribution in [0.3, 0.4) is 0 Å². The minimum Gasteiger partial charge on any atom is -0.450 e. The smallest absolute Gasteiger partial charge is 0.409 e. The molecule has 0 aliphatic carbocycles. The third-order valence-corrected chi connectivity index (χ3v) is 4.84. The van der Waals surface area contributed by atoms with Crippen LogP contribution in [0.15, 0.2) is 35.3 Å². The second-order valence-corrected chi connectivity index (χ2v) is 6.88. The van der Waals surface area contributed by atoms with Gasteiger partial charge in [0.1, 0.15) is 0 Å². The summed E-state index contributed by atoms with van der Waals surface area (Å²) in [7, 11) is 1.77. The van der Waals surface area contributed by atoms with Crippen molar-refractivity contribution in [1.29, 1.82) is 0 Å². The summed E-state index contributed by atoms with van der Waals surface area (Å²) in [6.45, 7) is 7.22. The van der Waals surface area contributed by atoms with E-state index >= 15 is 0 Å². The van der Waals surface area contributed by atoms with Crippen LogP contribution in [0.5, 0.6) is 0 Å². The molecule has 28 heavy (non-hydrogen) atoms. The van der Waals surface area contributed by atoms with E-state index in [1.807, 2.05) is 25.1 Å². The van der Waals surface area contributed by atoms with Gasteiger partial charge in [-0.05, 0) is 38.7 Å². The number of amides is 1. The molecule has 1 fully saturated rings. The van der Waals surface area contributed by atoms with Gasteiger partial charge in [0.15, 0.2) is 5.96 Å². The first-order valence-corrected chi connectivity index (χ1v) is 10.2. The van der Waals surface area contributed by atoms with Gasteiger partial charge in [0.25, 0.3) is 0 Å². The third kappa shape index (κ3) is 7.38. The number of hydrogen-bond acceptors (Lipinski definition) is 4. The number of ether oxygens (including phenoxy) is 2. The number of rotatable bonds is 8. The highest BCUT2D eigenvalue weighted by atomic mass is 16.6. The molecule has 1 aromatic rings. The Morgan fingerprint density at radius 1 is 1.29 bits per heavy atom. The molecule has 0 saturated carbocycles. The predicted octanol–water partition coefficient (Wildman–Crippen LogP) is 2.94. The highest BCUT2D eigenvalue weighted by Crippen LogP contribution is 2.15. The Kier molecular flexibility index (Phi) is 9.62. The van der Waals surface area contributed by atoms with Crippen LogP contribution in [0.2, 0.25) is 0 Å². The molecule has 1 saturated heterocycles. The van der Waals surface area contributed by atoms with E-state index in [4.69, 9.17) is 9.47 Å². The standard InChI is InChI=1S/C21H34N4O3/c1-4-27-21(26)25-14-11-19(12-15-25)24-20(22-3)23-13-8-16-28-17(2)18-9-6-5-7-10-18/h5-7,9-10,17,19H,4,8,11-16H2,1-3H3,(H2,22,23,24). The molecule has 156 valence electrons. The number of carbonyl (C=O) groups is 1. The van der Waals surface area contributed by atoms with Gasteiger partial charge < -0.3 is 25.0 Å². The molecular formula is C21H34N4O3. The number of aliphatic imine (C=N–C) groups is 1. The highest BCUT2D eigenvalue weighted by molar-refractivity contribution is 5.80. The van der Waals surface area contributed by atoms with E-state index in [1.54, 1.807) is 11.9 Å². The van der Waals surface area contributed by atoms with Crippen molar-refractivity contribution in [2.75, 3.05) is 39.9 Å². The summed E-state index contributed by atoms with van der Waals surface area (Å²) in [6.07, 6.45) is 2.56. The first-order chi connectivity index (χ1) is 13.6. The lowest BCUT2D eigenvalue weighted by Gasteiger charge is -2.32. The summed E-state index contributed by atoms with van der Waals surface area (Å²) in [5.41, 5.74) is 1.20. The topological polar surface area (TPSA) is 75.2 Å². The van der Waals surface area contributed by atoms with Crippen LogP contribution in [0.25, 0.3) is 0 Å². The molecule has 0 bridgehead atoms. The molecule has 2 N–H and O–H groups in total. The van der Waals surface area contributed by atoms with Crippen LogP contribution in [0, 0.1) is 0 Å². The van der Waals surface area contributed by atoms with Crippen molar-refractivity contribution >= 4 is 12.1 Å². The number of hydrogen-bond donors (Lipinski definition) is 2. The number of guanidine groups is 1. The molecule has 1 aliphatic rings. The molecule has 1 aliphatic heterocycles. The molecule has 1 heterocycles. The number of piperidine rings is 1. The van der Waals surface area contributed by atoms with Gasteiger partial charge in [0.2, 0.25) is 0 Å². The Bertz CT molecular complexity index is 601. The van der Waals surface area contributed by atoms with Gasteiger partial charge in [-0.15, -0.1) is 0 Å². The Balaban J connectivity index is 1.60. The number of nitrogens with zero attached hydrogens (tertiary/aromatic N) is 2. The molecule has 7 heteroatoms. The summed E-state index contributed by atoms with van der Waals surface area (Å²) in [5, 5.41) is 6.78. The lowest BCUT2D eigenvalue weighted by atomic mass is 10.1. The first kappa shape index (κ1) is 22.0. The molecule has 1 unspecified atom stereocenters. The van der Waals surface area contributed by atoms with Crippen molar-refractivity contribution in [2.24, 2.45) is 4.99 Å². The Labute approximate surface area is 168 Å². The van der Waals surface area contributed by atoms with Crippen molar-refractivity contribution in [3.8, 4) is 0 Å². The molecule has 0 radical (unpaired) electrons. The second-order valence-electron chi connectivity index (χ2n) is 6.88. The average molecular weight is 391 g/mol. The maximum absolute atomic E-state index is 11.8. The van der Waals surface area contributed by atoms with E-state index in [0.717, 1.165) is 31.8 Å². The fourth-order valence-electron chi connectivity index (χ4n) is 3.17. The quantitative estimate of drug-likeness (QED) is 0.406. The van der Waals surface area contributed by atoms with Gasteiger partial charge in [-0.3, -0.25) is 4.99 Å². The first-order valence-electron chi connectivity index (χ1n) is 10.2. The molecular weight excluding hydrogens is 356 g/mol. The Morgan fingerprint density at radius 3 is 2.64 bits per heavy atom.